The number of carbonyl (C=O) groups excluding carboxylic acids is 1. The topological polar surface area (TPSA) is 56.6 Å². The standard InChI is InChI=1S/C27H26BrN3O3/c1-33-24-12-4-5-13-25(24)34-15-7-14-30-23-11-3-2-10-22(23)29-27(30)19-16-26(32)31(18-19)21-9-6-8-20(28)17-21/h2-6,8-13,17,19H,7,14-16,18H2,1H3. The Bertz CT molecular complexity index is 1320. The molecule has 1 amide bonds. The zero-order valence-corrected chi connectivity index (χ0v) is 20.6. The summed E-state index contributed by atoms with van der Waals surface area (Å²) in [4.78, 5) is 19.7. The van der Waals surface area contributed by atoms with E-state index in [2.05, 4.69) is 26.6 Å². The van der Waals surface area contributed by atoms with Gasteiger partial charge in [0.1, 0.15) is 5.82 Å². The molecule has 0 N–H and O–H groups in total. The van der Waals surface area contributed by atoms with E-state index in [9.17, 15) is 4.79 Å². The van der Waals surface area contributed by atoms with Crippen molar-refractivity contribution in [2.75, 3.05) is 25.2 Å². The first-order valence-corrected chi connectivity index (χ1v) is 12.2. The van der Waals surface area contributed by atoms with E-state index in [1.54, 1.807) is 7.11 Å². The van der Waals surface area contributed by atoms with E-state index >= 15 is 0 Å². The molecule has 3 aromatic carbocycles. The molecule has 0 bridgehead atoms. The minimum atomic E-state index is 0.0361. The molecule has 1 aromatic heterocycles. The minimum Gasteiger partial charge on any atom is -0.493 e. The number of aryl methyl sites for hydroxylation is 1. The van der Waals surface area contributed by atoms with E-state index in [0.29, 0.717) is 19.6 Å². The molecule has 174 valence electrons. The van der Waals surface area contributed by atoms with Crippen LogP contribution in [0.25, 0.3) is 11.0 Å². The largest absolute Gasteiger partial charge is 0.493 e. The summed E-state index contributed by atoms with van der Waals surface area (Å²) >= 11 is 3.51. The van der Waals surface area contributed by atoms with Crippen LogP contribution in [0.4, 0.5) is 5.69 Å². The van der Waals surface area contributed by atoms with Crippen molar-refractivity contribution in [1.29, 1.82) is 0 Å². The molecule has 1 aliphatic heterocycles. The number of ether oxygens (including phenoxy) is 2. The van der Waals surface area contributed by atoms with E-state index in [-0.39, 0.29) is 11.8 Å². The zero-order chi connectivity index (χ0) is 23.5. The summed E-state index contributed by atoms with van der Waals surface area (Å²) < 4.78 is 14.6. The predicted octanol–water partition coefficient (Wildman–Crippen LogP) is 5.80. The van der Waals surface area contributed by atoms with Crippen molar-refractivity contribution < 1.29 is 14.3 Å². The number of methoxy groups -OCH3 is 1. The average Bonchev–Trinajstić information content (AvgIpc) is 3.42. The lowest BCUT2D eigenvalue weighted by atomic mass is 10.1. The lowest BCUT2D eigenvalue weighted by Crippen LogP contribution is -2.24. The highest BCUT2D eigenvalue weighted by atomic mass is 79.9. The van der Waals surface area contributed by atoms with Gasteiger partial charge in [-0.15, -0.1) is 0 Å². The first-order chi connectivity index (χ1) is 16.6. The van der Waals surface area contributed by atoms with Gasteiger partial charge < -0.3 is 18.9 Å². The van der Waals surface area contributed by atoms with Crippen LogP contribution in [0.15, 0.2) is 77.3 Å². The molecule has 1 unspecified atom stereocenters. The SMILES string of the molecule is COc1ccccc1OCCCn1c(C2CC(=O)N(c3cccc(Br)c3)C2)nc2ccccc21. The van der Waals surface area contributed by atoms with Crippen molar-refractivity contribution in [3.8, 4) is 11.5 Å². The molecule has 34 heavy (non-hydrogen) atoms. The molecule has 1 atom stereocenters. The molecule has 0 radical (unpaired) electrons. The Balaban J connectivity index is 1.35. The number of hydrogen-bond acceptors (Lipinski definition) is 4. The fourth-order valence-electron chi connectivity index (χ4n) is 4.56. The third-order valence-electron chi connectivity index (χ3n) is 6.15. The Hall–Kier alpha value is -3.32. The first kappa shape index (κ1) is 22.5. The van der Waals surface area contributed by atoms with Crippen molar-refractivity contribution in [1.82, 2.24) is 9.55 Å². The zero-order valence-electron chi connectivity index (χ0n) is 19.0. The van der Waals surface area contributed by atoms with Gasteiger partial charge in [-0.05, 0) is 48.9 Å². The van der Waals surface area contributed by atoms with Gasteiger partial charge in [-0.3, -0.25) is 4.79 Å². The van der Waals surface area contributed by atoms with Crippen LogP contribution in [0.3, 0.4) is 0 Å². The summed E-state index contributed by atoms with van der Waals surface area (Å²) in [6.45, 7) is 1.93. The molecular weight excluding hydrogens is 494 g/mol. The maximum Gasteiger partial charge on any atom is 0.227 e. The Morgan fingerprint density at radius 1 is 1.03 bits per heavy atom. The Morgan fingerprint density at radius 2 is 1.82 bits per heavy atom. The van der Waals surface area contributed by atoms with E-state index < -0.39 is 0 Å². The Kier molecular flexibility index (Phi) is 6.54. The van der Waals surface area contributed by atoms with Gasteiger partial charge in [-0.1, -0.05) is 46.3 Å². The third kappa shape index (κ3) is 4.53. The van der Waals surface area contributed by atoms with E-state index in [1.807, 2.05) is 71.6 Å². The normalized spacial score (nSPS) is 15.8. The molecule has 0 saturated carbocycles. The lowest BCUT2D eigenvalue weighted by Gasteiger charge is -2.18. The summed E-state index contributed by atoms with van der Waals surface area (Å²) in [6, 6.07) is 23.7. The van der Waals surface area contributed by atoms with Gasteiger partial charge in [0.2, 0.25) is 5.91 Å². The fourth-order valence-corrected chi connectivity index (χ4v) is 4.94. The molecule has 2 heterocycles. The van der Waals surface area contributed by atoms with E-state index in [0.717, 1.165) is 51.5 Å². The third-order valence-corrected chi connectivity index (χ3v) is 6.64. The number of amides is 1. The summed E-state index contributed by atoms with van der Waals surface area (Å²) in [5.41, 5.74) is 2.95. The Morgan fingerprint density at radius 3 is 2.65 bits per heavy atom. The number of halogens is 1. The molecular formula is C27H26BrN3O3. The smallest absolute Gasteiger partial charge is 0.227 e. The highest BCUT2D eigenvalue weighted by Crippen LogP contribution is 2.34. The highest BCUT2D eigenvalue weighted by molar-refractivity contribution is 9.10. The first-order valence-electron chi connectivity index (χ1n) is 11.4. The highest BCUT2D eigenvalue weighted by Gasteiger charge is 2.34. The number of anilines is 1. The maximum absolute atomic E-state index is 12.9. The number of hydrogen-bond donors (Lipinski definition) is 0. The van der Waals surface area contributed by atoms with Crippen LogP contribution in [0, 0.1) is 0 Å². The molecule has 1 fully saturated rings. The number of benzene rings is 3. The number of rotatable bonds is 8. The quantitative estimate of drug-likeness (QED) is 0.276. The number of imidazole rings is 1. The predicted molar refractivity (Wildman–Crippen MR) is 137 cm³/mol. The van der Waals surface area contributed by atoms with Gasteiger partial charge in [0.05, 0.1) is 24.8 Å². The van der Waals surface area contributed by atoms with Crippen molar-refractivity contribution >= 4 is 38.6 Å². The van der Waals surface area contributed by atoms with Gasteiger partial charge in [0, 0.05) is 35.6 Å². The van der Waals surface area contributed by atoms with E-state index in [1.165, 1.54) is 0 Å². The number of nitrogens with zero attached hydrogens (tertiary/aromatic N) is 3. The Labute approximate surface area is 207 Å². The molecule has 5 rings (SSSR count). The number of para-hydroxylation sites is 4. The summed E-state index contributed by atoms with van der Waals surface area (Å²) in [6.07, 6.45) is 1.26. The molecule has 6 nitrogen and oxygen atoms in total. The number of carbonyl (C=O) groups is 1. The minimum absolute atomic E-state index is 0.0361. The monoisotopic (exact) mass is 519 g/mol. The average molecular weight is 520 g/mol. The van der Waals surface area contributed by atoms with Crippen molar-refractivity contribution in [2.24, 2.45) is 0 Å². The van der Waals surface area contributed by atoms with Crippen LogP contribution in [0.2, 0.25) is 0 Å². The van der Waals surface area contributed by atoms with Crippen LogP contribution in [-0.4, -0.2) is 35.7 Å². The number of fused-ring (bicyclic) bond motifs is 1. The summed E-state index contributed by atoms with van der Waals surface area (Å²) in [7, 11) is 1.65. The second kappa shape index (κ2) is 9.89. The van der Waals surface area contributed by atoms with Crippen LogP contribution < -0.4 is 14.4 Å². The van der Waals surface area contributed by atoms with E-state index in [4.69, 9.17) is 14.5 Å². The molecule has 0 aliphatic carbocycles. The second-order valence-electron chi connectivity index (χ2n) is 8.35. The van der Waals surface area contributed by atoms with Crippen LogP contribution in [0.1, 0.15) is 24.6 Å². The van der Waals surface area contributed by atoms with Crippen LogP contribution in [0.5, 0.6) is 11.5 Å². The van der Waals surface area contributed by atoms with Gasteiger partial charge in [0.25, 0.3) is 0 Å². The molecule has 1 aliphatic rings. The molecule has 0 spiro atoms. The second-order valence-corrected chi connectivity index (χ2v) is 9.26. The van der Waals surface area contributed by atoms with Crippen molar-refractivity contribution in [3.63, 3.8) is 0 Å². The fraction of sp³-hybridized carbons (Fsp3) is 0.259. The molecule has 7 heteroatoms. The molecule has 4 aromatic rings. The summed E-state index contributed by atoms with van der Waals surface area (Å²) in [5.74, 6) is 2.60. The van der Waals surface area contributed by atoms with Gasteiger partial charge in [0.15, 0.2) is 11.5 Å². The van der Waals surface area contributed by atoms with Gasteiger partial charge in [-0.2, -0.15) is 0 Å². The molecule has 1 saturated heterocycles. The van der Waals surface area contributed by atoms with Gasteiger partial charge >= 0.3 is 0 Å². The number of aromatic nitrogens is 2. The van der Waals surface area contributed by atoms with Gasteiger partial charge in [-0.25, -0.2) is 4.98 Å². The van der Waals surface area contributed by atoms with Crippen LogP contribution in [-0.2, 0) is 11.3 Å². The van der Waals surface area contributed by atoms with Crippen molar-refractivity contribution in [3.05, 3.63) is 83.1 Å². The van der Waals surface area contributed by atoms with Crippen molar-refractivity contribution in [2.45, 2.75) is 25.3 Å². The summed E-state index contributed by atoms with van der Waals surface area (Å²) in [5, 5.41) is 0. The van der Waals surface area contributed by atoms with Crippen LogP contribution >= 0.6 is 15.9 Å². The lowest BCUT2D eigenvalue weighted by molar-refractivity contribution is -0.117. The maximum atomic E-state index is 12.9.